The number of aryl methyl sites for hydroxylation is 1. The van der Waals surface area contributed by atoms with Crippen LogP contribution in [0.3, 0.4) is 0 Å². The van der Waals surface area contributed by atoms with Crippen molar-refractivity contribution in [3.63, 3.8) is 0 Å². The van der Waals surface area contributed by atoms with Gasteiger partial charge >= 0.3 is 0 Å². The van der Waals surface area contributed by atoms with Gasteiger partial charge in [-0.3, -0.25) is 0 Å². The minimum atomic E-state index is 0.477. The van der Waals surface area contributed by atoms with Gasteiger partial charge in [0.05, 0.1) is 11.2 Å². The smallest absolute Gasteiger partial charge is 0.116 e. The molecule has 2 nitrogen and oxygen atoms in total. The molecule has 2 rings (SSSR count). The van der Waals surface area contributed by atoms with Gasteiger partial charge in [-0.25, -0.2) is 4.98 Å². The van der Waals surface area contributed by atoms with Crippen LogP contribution in [0.4, 0.5) is 0 Å². The monoisotopic (exact) mass is 218 g/mol. The molecule has 0 aromatic carbocycles. The quantitative estimate of drug-likeness (QED) is 0.743. The molecular formula is C14H22N2. The van der Waals surface area contributed by atoms with Crippen molar-refractivity contribution >= 4 is 5.52 Å². The van der Waals surface area contributed by atoms with E-state index >= 15 is 0 Å². The second-order valence-corrected chi connectivity index (χ2v) is 3.88. The van der Waals surface area contributed by atoms with E-state index in [0.29, 0.717) is 5.92 Å². The van der Waals surface area contributed by atoms with E-state index in [1.807, 2.05) is 13.8 Å². The summed E-state index contributed by atoms with van der Waals surface area (Å²) in [6, 6.07) is 6.26. The lowest BCUT2D eigenvalue weighted by molar-refractivity contribution is 0.766. The normalized spacial score (nSPS) is 10.4. The Morgan fingerprint density at radius 3 is 2.50 bits per heavy atom. The largest absolute Gasteiger partial charge is 0.303 e. The van der Waals surface area contributed by atoms with Gasteiger partial charge in [0.15, 0.2) is 0 Å². The summed E-state index contributed by atoms with van der Waals surface area (Å²) in [5.74, 6) is 1.64. The molecule has 0 aliphatic heterocycles. The van der Waals surface area contributed by atoms with Crippen molar-refractivity contribution in [2.24, 2.45) is 0 Å². The topological polar surface area (TPSA) is 17.3 Å². The molecule has 0 unspecified atom stereocenters. The zero-order chi connectivity index (χ0) is 12.1. The molecule has 0 saturated carbocycles. The maximum Gasteiger partial charge on any atom is 0.116 e. The van der Waals surface area contributed by atoms with E-state index in [4.69, 9.17) is 0 Å². The van der Waals surface area contributed by atoms with E-state index in [1.165, 1.54) is 11.2 Å². The lowest BCUT2D eigenvalue weighted by atomic mass is 10.2. The van der Waals surface area contributed by atoms with Gasteiger partial charge in [0.1, 0.15) is 5.82 Å². The third-order valence-electron chi connectivity index (χ3n) is 2.50. The molecule has 0 amide bonds. The van der Waals surface area contributed by atoms with Crippen LogP contribution >= 0.6 is 0 Å². The summed E-state index contributed by atoms with van der Waals surface area (Å²) in [7, 11) is 0. The van der Waals surface area contributed by atoms with Crippen LogP contribution in [0, 0.1) is 0 Å². The van der Waals surface area contributed by atoms with Gasteiger partial charge in [0.2, 0.25) is 0 Å². The van der Waals surface area contributed by atoms with Crippen molar-refractivity contribution in [2.45, 2.75) is 47.0 Å². The zero-order valence-corrected chi connectivity index (χ0v) is 11.0. The Hall–Kier alpha value is -1.31. The third-order valence-corrected chi connectivity index (χ3v) is 2.50. The standard InChI is InChI=1S/C12H16N2.C2H6/c1-4-10-11-7-5-6-8-14(11)12(13-10)9(2)3;1-2/h5-9H,4H2,1-3H3;1-2H3. The molecule has 0 N–H and O–H groups in total. The fraction of sp³-hybridized carbons (Fsp3) is 0.500. The van der Waals surface area contributed by atoms with Crippen molar-refractivity contribution in [1.82, 2.24) is 9.38 Å². The summed E-state index contributed by atoms with van der Waals surface area (Å²) in [5.41, 5.74) is 2.45. The molecule has 0 aliphatic carbocycles. The summed E-state index contributed by atoms with van der Waals surface area (Å²) in [5, 5.41) is 0. The Morgan fingerprint density at radius 2 is 1.94 bits per heavy atom. The van der Waals surface area contributed by atoms with Gasteiger partial charge in [-0.2, -0.15) is 0 Å². The van der Waals surface area contributed by atoms with E-state index in [9.17, 15) is 0 Å². The first-order valence-corrected chi connectivity index (χ1v) is 6.20. The molecule has 0 fully saturated rings. The average Bonchev–Trinajstić information content (AvgIpc) is 2.70. The number of hydrogen-bond acceptors (Lipinski definition) is 1. The van der Waals surface area contributed by atoms with Crippen molar-refractivity contribution in [3.05, 3.63) is 35.9 Å². The van der Waals surface area contributed by atoms with Gasteiger partial charge in [0, 0.05) is 12.1 Å². The van der Waals surface area contributed by atoms with Crippen molar-refractivity contribution in [3.8, 4) is 0 Å². The minimum Gasteiger partial charge on any atom is -0.303 e. The maximum atomic E-state index is 4.67. The van der Waals surface area contributed by atoms with E-state index in [0.717, 1.165) is 12.2 Å². The van der Waals surface area contributed by atoms with E-state index in [1.54, 1.807) is 0 Å². The SMILES string of the molecule is CC.CCc1nc(C(C)C)n2ccccc12. The van der Waals surface area contributed by atoms with Crippen LogP contribution in [0.1, 0.15) is 52.1 Å². The highest BCUT2D eigenvalue weighted by atomic mass is 15.0. The van der Waals surface area contributed by atoms with Crippen LogP contribution in [0.5, 0.6) is 0 Å². The van der Waals surface area contributed by atoms with E-state index < -0.39 is 0 Å². The first-order valence-electron chi connectivity index (χ1n) is 6.20. The molecule has 0 bridgehead atoms. The highest BCUT2D eigenvalue weighted by Gasteiger charge is 2.10. The molecule has 2 heterocycles. The Morgan fingerprint density at radius 1 is 1.25 bits per heavy atom. The lowest BCUT2D eigenvalue weighted by Crippen LogP contribution is -1.95. The maximum absolute atomic E-state index is 4.67. The third kappa shape index (κ3) is 2.26. The number of aromatic nitrogens is 2. The summed E-state index contributed by atoms with van der Waals surface area (Å²) in [4.78, 5) is 4.67. The molecule has 16 heavy (non-hydrogen) atoms. The van der Waals surface area contributed by atoms with Crippen molar-refractivity contribution in [2.75, 3.05) is 0 Å². The lowest BCUT2D eigenvalue weighted by Gasteiger charge is -2.02. The molecule has 0 aliphatic rings. The Labute approximate surface area is 98.3 Å². The van der Waals surface area contributed by atoms with Gasteiger partial charge in [-0.15, -0.1) is 0 Å². The number of hydrogen-bond donors (Lipinski definition) is 0. The first kappa shape index (κ1) is 12.8. The van der Waals surface area contributed by atoms with Crippen molar-refractivity contribution in [1.29, 1.82) is 0 Å². The number of imidazole rings is 1. The molecule has 0 radical (unpaired) electrons. The number of pyridine rings is 1. The van der Waals surface area contributed by atoms with Crippen LogP contribution < -0.4 is 0 Å². The molecule has 2 heteroatoms. The number of nitrogens with zero attached hydrogens (tertiary/aromatic N) is 2. The van der Waals surface area contributed by atoms with Crippen LogP contribution in [0.25, 0.3) is 5.52 Å². The van der Waals surface area contributed by atoms with Crippen LogP contribution in [-0.2, 0) is 6.42 Å². The Kier molecular flexibility index (Phi) is 4.53. The minimum absolute atomic E-state index is 0.477. The fourth-order valence-corrected chi connectivity index (χ4v) is 1.79. The molecule has 2 aromatic rings. The van der Waals surface area contributed by atoms with E-state index in [-0.39, 0.29) is 0 Å². The average molecular weight is 218 g/mol. The first-order chi connectivity index (χ1) is 7.74. The van der Waals surface area contributed by atoms with Crippen LogP contribution in [0.2, 0.25) is 0 Å². The summed E-state index contributed by atoms with van der Waals surface area (Å²) in [6.45, 7) is 10.5. The number of fused-ring (bicyclic) bond motifs is 1. The predicted octanol–water partition coefficient (Wildman–Crippen LogP) is 4.05. The van der Waals surface area contributed by atoms with Crippen LogP contribution in [-0.4, -0.2) is 9.38 Å². The highest BCUT2D eigenvalue weighted by molar-refractivity contribution is 5.53. The van der Waals surface area contributed by atoms with Gasteiger partial charge in [0.25, 0.3) is 0 Å². The van der Waals surface area contributed by atoms with E-state index in [2.05, 4.69) is 54.6 Å². The predicted molar refractivity (Wildman–Crippen MR) is 70.0 cm³/mol. The molecule has 0 saturated heterocycles. The molecule has 88 valence electrons. The summed E-state index contributed by atoms with van der Waals surface area (Å²) < 4.78 is 2.20. The highest BCUT2D eigenvalue weighted by Crippen LogP contribution is 2.19. The summed E-state index contributed by atoms with van der Waals surface area (Å²) >= 11 is 0. The van der Waals surface area contributed by atoms with Crippen LogP contribution in [0.15, 0.2) is 24.4 Å². The Balaban J connectivity index is 0.000000606. The molecular weight excluding hydrogens is 196 g/mol. The second-order valence-electron chi connectivity index (χ2n) is 3.88. The second kappa shape index (κ2) is 5.69. The van der Waals surface area contributed by atoms with Crippen molar-refractivity contribution < 1.29 is 0 Å². The van der Waals surface area contributed by atoms with Gasteiger partial charge in [-0.1, -0.05) is 40.7 Å². The van der Waals surface area contributed by atoms with Gasteiger partial charge < -0.3 is 4.40 Å². The fourth-order valence-electron chi connectivity index (χ4n) is 1.79. The number of rotatable bonds is 2. The summed E-state index contributed by atoms with van der Waals surface area (Å²) in [6.07, 6.45) is 3.09. The molecule has 0 spiro atoms. The molecule has 2 aromatic heterocycles. The van der Waals surface area contributed by atoms with Gasteiger partial charge in [-0.05, 0) is 18.6 Å². The Bertz CT molecular complexity index is 441. The molecule has 0 atom stereocenters. The zero-order valence-electron chi connectivity index (χ0n) is 11.0.